The predicted octanol–water partition coefficient (Wildman–Crippen LogP) is 3.07. The maximum atomic E-state index is 12.1. The Kier molecular flexibility index (Phi) is 5.25. The SMILES string of the molecule is Cc1cc(C)cc(C(N)C2(O)CCN(C(=O)OC(C)(C)C)CC2)c1. The number of aliphatic hydroxyl groups is 1. The first-order valence-electron chi connectivity index (χ1n) is 8.54. The van der Waals surface area contributed by atoms with Gasteiger partial charge in [0, 0.05) is 13.1 Å². The smallest absolute Gasteiger partial charge is 0.410 e. The molecule has 24 heavy (non-hydrogen) atoms. The molecule has 2 rings (SSSR count). The molecule has 0 radical (unpaired) electrons. The summed E-state index contributed by atoms with van der Waals surface area (Å²) in [5.41, 5.74) is 8.08. The normalized spacial score (nSPS) is 19.0. The number of hydrogen-bond acceptors (Lipinski definition) is 4. The van der Waals surface area contributed by atoms with Crippen LogP contribution >= 0.6 is 0 Å². The number of aryl methyl sites for hydroxylation is 2. The number of likely N-dealkylation sites (tertiary alicyclic amines) is 1. The van der Waals surface area contributed by atoms with Crippen LogP contribution in [0, 0.1) is 13.8 Å². The van der Waals surface area contributed by atoms with E-state index in [4.69, 9.17) is 10.5 Å². The zero-order valence-corrected chi connectivity index (χ0v) is 15.4. The minimum atomic E-state index is -1.00. The summed E-state index contributed by atoms with van der Waals surface area (Å²) >= 11 is 0. The molecule has 0 aliphatic carbocycles. The van der Waals surface area contributed by atoms with E-state index in [9.17, 15) is 9.90 Å². The minimum absolute atomic E-state index is 0.329. The molecule has 1 atom stereocenters. The largest absolute Gasteiger partial charge is 0.444 e. The third kappa shape index (κ3) is 4.48. The summed E-state index contributed by atoms with van der Waals surface area (Å²) in [7, 11) is 0. The molecule has 0 aromatic heterocycles. The van der Waals surface area contributed by atoms with Crippen LogP contribution < -0.4 is 5.73 Å². The molecule has 1 unspecified atom stereocenters. The molecule has 0 spiro atoms. The molecule has 1 aliphatic heterocycles. The molecule has 1 saturated heterocycles. The van der Waals surface area contributed by atoms with Crippen LogP contribution in [0.5, 0.6) is 0 Å². The van der Waals surface area contributed by atoms with Crippen LogP contribution in [0.25, 0.3) is 0 Å². The third-order valence-corrected chi connectivity index (χ3v) is 4.46. The Labute approximate surface area is 144 Å². The number of piperidine rings is 1. The van der Waals surface area contributed by atoms with Gasteiger partial charge in [-0.05, 0) is 53.0 Å². The zero-order chi connectivity index (χ0) is 18.1. The molecule has 5 nitrogen and oxygen atoms in total. The number of rotatable bonds is 2. The van der Waals surface area contributed by atoms with Crippen molar-refractivity contribution in [3.63, 3.8) is 0 Å². The van der Waals surface area contributed by atoms with Crippen LogP contribution in [0.4, 0.5) is 4.79 Å². The Hall–Kier alpha value is -1.59. The van der Waals surface area contributed by atoms with Crippen LogP contribution in [0.15, 0.2) is 18.2 Å². The highest BCUT2D eigenvalue weighted by molar-refractivity contribution is 5.68. The molecular weight excluding hydrogens is 304 g/mol. The van der Waals surface area contributed by atoms with Gasteiger partial charge < -0.3 is 20.5 Å². The van der Waals surface area contributed by atoms with Crippen molar-refractivity contribution < 1.29 is 14.6 Å². The fourth-order valence-corrected chi connectivity index (χ4v) is 3.21. The summed E-state index contributed by atoms with van der Waals surface area (Å²) in [6.45, 7) is 10.5. The first-order valence-corrected chi connectivity index (χ1v) is 8.54. The van der Waals surface area contributed by atoms with Gasteiger partial charge in [0.1, 0.15) is 5.60 Å². The summed E-state index contributed by atoms with van der Waals surface area (Å²) in [6.07, 6.45) is 0.561. The van der Waals surface area contributed by atoms with E-state index in [1.54, 1.807) is 4.90 Å². The van der Waals surface area contributed by atoms with Crippen LogP contribution in [-0.2, 0) is 4.74 Å². The van der Waals surface area contributed by atoms with Crippen LogP contribution in [0.3, 0.4) is 0 Å². The first kappa shape index (κ1) is 18.7. The van der Waals surface area contributed by atoms with Gasteiger partial charge in [0.25, 0.3) is 0 Å². The number of carbonyl (C=O) groups excluding carboxylic acids is 1. The number of amides is 1. The number of benzene rings is 1. The molecule has 0 saturated carbocycles. The second kappa shape index (κ2) is 6.73. The van der Waals surface area contributed by atoms with Crippen molar-refractivity contribution in [2.24, 2.45) is 5.73 Å². The van der Waals surface area contributed by atoms with Gasteiger partial charge in [0.2, 0.25) is 0 Å². The second-order valence-corrected chi connectivity index (χ2v) is 7.97. The first-order chi connectivity index (χ1) is 11.0. The van der Waals surface area contributed by atoms with Crippen molar-refractivity contribution in [2.45, 2.75) is 64.7 Å². The number of ether oxygens (including phenoxy) is 1. The number of nitrogens with two attached hydrogens (primary N) is 1. The average Bonchev–Trinajstić information content (AvgIpc) is 2.44. The number of carbonyl (C=O) groups is 1. The zero-order valence-electron chi connectivity index (χ0n) is 15.4. The highest BCUT2D eigenvalue weighted by atomic mass is 16.6. The van der Waals surface area contributed by atoms with Gasteiger partial charge in [0.05, 0.1) is 11.6 Å². The summed E-state index contributed by atoms with van der Waals surface area (Å²) in [5.74, 6) is 0. The van der Waals surface area contributed by atoms with Crippen molar-refractivity contribution in [1.82, 2.24) is 4.90 Å². The molecule has 0 bridgehead atoms. The lowest BCUT2D eigenvalue weighted by Crippen LogP contribution is -2.52. The van der Waals surface area contributed by atoms with E-state index in [1.807, 2.05) is 46.8 Å². The predicted molar refractivity (Wildman–Crippen MR) is 94.8 cm³/mol. The van der Waals surface area contributed by atoms with E-state index in [1.165, 1.54) is 0 Å². The molecule has 1 amide bonds. The van der Waals surface area contributed by atoms with E-state index >= 15 is 0 Å². The van der Waals surface area contributed by atoms with Gasteiger partial charge >= 0.3 is 6.09 Å². The Morgan fingerprint density at radius 1 is 1.21 bits per heavy atom. The van der Waals surface area contributed by atoms with Gasteiger partial charge in [-0.1, -0.05) is 29.3 Å². The van der Waals surface area contributed by atoms with Gasteiger partial charge in [0.15, 0.2) is 0 Å². The van der Waals surface area contributed by atoms with E-state index in [2.05, 4.69) is 6.07 Å². The van der Waals surface area contributed by atoms with Crippen molar-refractivity contribution in [3.8, 4) is 0 Å². The topological polar surface area (TPSA) is 75.8 Å². The standard InChI is InChI=1S/C19H30N2O3/c1-13-10-14(2)12-15(11-13)16(20)19(23)6-8-21(9-7-19)17(22)24-18(3,4)5/h10-12,16,23H,6-9,20H2,1-5H3. The Bertz CT molecular complexity index is 579. The summed E-state index contributed by atoms with van der Waals surface area (Å²) < 4.78 is 5.40. The molecule has 1 heterocycles. The Morgan fingerprint density at radius 3 is 2.17 bits per heavy atom. The molecule has 1 aromatic carbocycles. The monoisotopic (exact) mass is 334 g/mol. The van der Waals surface area contributed by atoms with Gasteiger partial charge in [-0.25, -0.2) is 4.79 Å². The lowest BCUT2D eigenvalue weighted by Gasteiger charge is -2.42. The lowest BCUT2D eigenvalue weighted by atomic mass is 9.81. The highest BCUT2D eigenvalue weighted by Gasteiger charge is 2.40. The van der Waals surface area contributed by atoms with E-state index in [-0.39, 0.29) is 6.09 Å². The van der Waals surface area contributed by atoms with Crippen LogP contribution in [0.1, 0.15) is 56.3 Å². The Balaban J connectivity index is 2.04. The van der Waals surface area contributed by atoms with Crippen molar-refractivity contribution in [1.29, 1.82) is 0 Å². The van der Waals surface area contributed by atoms with Gasteiger partial charge in [-0.3, -0.25) is 0 Å². The summed E-state index contributed by atoms with van der Waals surface area (Å²) in [5, 5.41) is 11.0. The third-order valence-electron chi connectivity index (χ3n) is 4.46. The van der Waals surface area contributed by atoms with Crippen molar-refractivity contribution >= 4 is 6.09 Å². The second-order valence-electron chi connectivity index (χ2n) is 7.97. The molecule has 3 N–H and O–H groups in total. The van der Waals surface area contributed by atoms with Crippen molar-refractivity contribution in [2.75, 3.05) is 13.1 Å². The average molecular weight is 334 g/mol. The maximum Gasteiger partial charge on any atom is 0.410 e. The van der Waals surface area contributed by atoms with Crippen LogP contribution in [-0.4, -0.2) is 40.4 Å². The summed E-state index contributed by atoms with van der Waals surface area (Å²) in [4.78, 5) is 13.8. The fraction of sp³-hybridized carbons (Fsp3) is 0.632. The molecule has 134 valence electrons. The number of hydrogen-bond donors (Lipinski definition) is 2. The van der Waals surface area contributed by atoms with Crippen LogP contribution in [0.2, 0.25) is 0 Å². The maximum absolute atomic E-state index is 12.1. The highest BCUT2D eigenvalue weighted by Crippen LogP contribution is 2.34. The minimum Gasteiger partial charge on any atom is -0.444 e. The van der Waals surface area contributed by atoms with Gasteiger partial charge in [-0.2, -0.15) is 0 Å². The Morgan fingerprint density at radius 2 is 1.71 bits per heavy atom. The quantitative estimate of drug-likeness (QED) is 0.871. The van der Waals surface area contributed by atoms with E-state index < -0.39 is 17.2 Å². The molecule has 1 fully saturated rings. The lowest BCUT2D eigenvalue weighted by molar-refractivity contribution is -0.0476. The fourth-order valence-electron chi connectivity index (χ4n) is 3.21. The van der Waals surface area contributed by atoms with Crippen molar-refractivity contribution in [3.05, 3.63) is 34.9 Å². The van der Waals surface area contributed by atoms with E-state index in [0.717, 1.165) is 16.7 Å². The molecule has 5 heteroatoms. The number of nitrogens with zero attached hydrogens (tertiary/aromatic N) is 1. The molecular formula is C19H30N2O3. The van der Waals surface area contributed by atoms with Gasteiger partial charge in [-0.15, -0.1) is 0 Å². The summed E-state index contributed by atoms with van der Waals surface area (Å²) in [6, 6.07) is 5.67. The molecule has 1 aromatic rings. The van der Waals surface area contributed by atoms with E-state index in [0.29, 0.717) is 25.9 Å². The molecule has 1 aliphatic rings.